The van der Waals surface area contributed by atoms with Crippen LogP contribution in [-0.2, 0) is 0 Å². The Bertz CT molecular complexity index is 425. The second kappa shape index (κ2) is 5.31. The zero-order chi connectivity index (χ0) is 12.3. The highest BCUT2D eigenvalue weighted by Crippen LogP contribution is 2.25. The quantitative estimate of drug-likeness (QED) is 0.773. The third-order valence-electron chi connectivity index (χ3n) is 3.03. The zero-order valence-corrected chi connectivity index (χ0v) is 10.5. The number of hydrogen-bond acceptors (Lipinski definition) is 4. The summed E-state index contributed by atoms with van der Waals surface area (Å²) in [6.07, 6.45) is 2.66. The van der Waals surface area contributed by atoms with Crippen molar-refractivity contribution >= 4 is 5.82 Å². The summed E-state index contributed by atoms with van der Waals surface area (Å²) in [5.41, 5.74) is -0.102. The van der Waals surface area contributed by atoms with Crippen molar-refractivity contribution in [3.8, 4) is 0 Å². The predicted molar refractivity (Wildman–Crippen MR) is 68.4 cm³/mol. The van der Waals surface area contributed by atoms with Crippen molar-refractivity contribution in [2.24, 2.45) is 0 Å². The highest BCUT2D eigenvalue weighted by molar-refractivity contribution is 5.32. The Balaban J connectivity index is 1.82. The van der Waals surface area contributed by atoms with Gasteiger partial charge in [-0.3, -0.25) is 9.69 Å². The Morgan fingerprint density at radius 1 is 1.59 bits per heavy atom. The molecule has 0 radical (unpaired) electrons. The van der Waals surface area contributed by atoms with Gasteiger partial charge < -0.3 is 10.3 Å². The van der Waals surface area contributed by atoms with Crippen LogP contribution in [0.5, 0.6) is 0 Å². The van der Waals surface area contributed by atoms with E-state index in [-0.39, 0.29) is 5.56 Å². The molecule has 1 aliphatic carbocycles. The molecular formula is C12H20N4O. The molecule has 0 aromatic carbocycles. The fourth-order valence-electron chi connectivity index (χ4n) is 2.04. The summed E-state index contributed by atoms with van der Waals surface area (Å²) in [6.45, 7) is 6.91. The predicted octanol–water partition coefficient (Wildman–Crippen LogP) is 0.975. The molecule has 0 spiro atoms. The molecular weight excluding hydrogens is 216 g/mol. The number of rotatable bonds is 6. The molecule has 0 saturated heterocycles. The van der Waals surface area contributed by atoms with Crippen LogP contribution in [0.15, 0.2) is 10.9 Å². The number of nitrogens with one attached hydrogen (secondary N) is 2. The molecule has 0 amide bonds. The lowest BCUT2D eigenvalue weighted by Crippen LogP contribution is -2.31. The standard InChI is InChI=1S/C12H20N4O/c1-3-16(10-4-5-10)7-6-13-11-8-12(17)15-9(2)14-11/h8,10H,3-7H2,1-2H3,(H2,13,14,15,17). The van der Waals surface area contributed by atoms with Crippen LogP contribution in [-0.4, -0.2) is 40.5 Å². The molecule has 2 rings (SSSR count). The van der Waals surface area contributed by atoms with Gasteiger partial charge in [0, 0.05) is 25.2 Å². The number of H-pyrrole nitrogens is 1. The summed E-state index contributed by atoms with van der Waals surface area (Å²) >= 11 is 0. The number of likely N-dealkylation sites (N-methyl/N-ethyl adjacent to an activating group) is 1. The Hall–Kier alpha value is -1.36. The van der Waals surface area contributed by atoms with Crippen molar-refractivity contribution in [1.29, 1.82) is 0 Å². The molecule has 0 unspecified atom stereocenters. The number of aromatic nitrogens is 2. The van der Waals surface area contributed by atoms with Crippen LogP contribution in [0.3, 0.4) is 0 Å². The van der Waals surface area contributed by atoms with E-state index in [4.69, 9.17) is 0 Å². The molecule has 17 heavy (non-hydrogen) atoms. The molecule has 1 heterocycles. The van der Waals surface area contributed by atoms with Crippen LogP contribution in [0.4, 0.5) is 5.82 Å². The van der Waals surface area contributed by atoms with E-state index in [1.54, 1.807) is 6.92 Å². The number of anilines is 1. The summed E-state index contributed by atoms with van der Waals surface area (Å²) in [5.74, 6) is 1.31. The Labute approximate surface area is 101 Å². The van der Waals surface area contributed by atoms with Crippen LogP contribution < -0.4 is 10.9 Å². The number of hydrogen-bond donors (Lipinski definition) is 2. The Kier molecular flexibility index (Phi) is 3.78. The van der Waals surface area contributed by atoms with Crippen molar-refractivity contribution in [2.45, 2.75) is 32.7 Å². The minimum Gasteiger partial charge on any atom is -0.369 e. The highest BCUT2D eigenvalue weighted by atomic mass is 16.1. The van der Waals surface area contributed by atoms with Gasteiger partial charge in [-0.05, 0) is 26.3 Å². The average Bonchev–Trinajstić information content (AvgIpc) is 3.07. The first kappa shape index (κ1) is 12.1. The van der Waals surface area contributed by atoms with Gasteiger partial charge in [0.15, 0.2) is 0 Å². The maximum absolute atomic E-state index is 11.2. The first-order chi connectivity index (χ1) is 8.19. The van der Waals surface area contributed by atoms with E-state index in [9.17, 15) is 4.79 Å². The lowest BCUT2D eigenvalue weighted by Gasteiger charge is -2.19. The molecule has 1 aromatic heterocycles. The fraction of sp³-hybridized carbons (Fsp3) is 0.667. The first-order valence-corrected chi connectivity index (χ1v) is 6.25. The van der Waals surface area contributed by atoms with E-state index in [1.165, 1.54) is 18.9 Å². The summed E-state index contributed by atoms with van der Waals surface area (Å²) in [4.78, 5) is 20.6. The van der Waals surface area contributed by atoms with E-state index >= 15 is 0 Å². The van der Waals surface area contributed by atoms with Crippen molar-refractivity contribution in [2.75, 3.05) is 25.0 Å². The van der Waals surface area contributed by atoms with Gasteiger partial charge in [0.2, 0.25) is 0 Å². The van der Waals surface area contributed by atoms with Crippen molar-refractivity contribution < 1.29 is 0 Å². The van der Waals surface area contributed by atoms with E-state index in [0.717, 1.165) is 25.7 Å². The monoisotopic (exact) mass is 236 g/mol. The molecule has 0 bridgehead atoms. The maximum atomic E-state index is 11.2. The maximum Gasteiger partial charge on any atom is 0.252 e. The largest absolute Gasteiger partial charge is 0.369 e. The van der Waals surface area contributed by atoms with Gasteiger partial charge >= 0.3 is 0 Å². The summed E-state index contributed by atoms with van der Waals surface area (Å²) in [7, 11) is 0. The summed E-state index contributed by atoms with van der Waals surface area (Å²) in [6, 6.07) is 2.29. The zero-order valence-electron chi connectivity index (χ0n) is 10.5. The number of aromatic amines is 1. The normalized spacial score (nSPS) is 15.2. The second-order valence-electron chi connectivity index (χ2n) is 4.50. The Morgan fingerprint density at radius 2 is 2.35 bits per heavy atom. The van der Waals surface area contributed by atoms with E-state index in [0.29, 0.717) is 11.6 Å². The molecule has 5 heteroatoms. The number of aryl methyl sites for hydroxylation is 1. The van der Waals surface area contributed by atoms with Gasteiger partial charge in [-0.2, -0.15) is 0 Å². The second-order valence-corrected chi connectivity index (χ2v) is 4.50. The van der Waals surface area contributed by atoms with E-state index < -0.39 is 0 Å². The molecule has 0 atom stereocenters. The minimum absolute atomic E-state index is 0.102. The van der Waals surface area contributed by atoms with Gasteiger partial charge in [-0.25, -0.2) is 4.98 Å². The third kappa shape index (κ3) is 3.56. The van der Waals surface area contributed by atoms with E-state index in [2.05, 4.69) is 27.1 Å². The minimum atomic E-state index is -0.102. The fourth-order valence-corrected chi connectivity index (χ4v) is 2.04. The highest BCUT2D eigenvalue weighted by Gasteiger charge is 2.27. The van der Waals surface area contributed by atoms with E-state index in [1.807, 2.05) is 0 Å². The summed E-state index contributed by atoms with van der Waals surface area (Å²) < 4.78 is 0. The lowest BCUT2D eigenvalue weighted by atomic mass is 10.4. The van der Waals surface area contributed by atoms with Crippen LogP contribution in [0.2, 0.25) is 0 Å². The van der Waals surface area contributed by atoms with Gasteiger partial charge in [0.25, 0.3) is 5.56 Å². The SMILES string of the molecule is CCN(CCNc1cc(=O)[nH]c(C)n1)C1CC1. The van der Waals surface area contributed by atoms with Crippen LogP contribution in [0.1, 0.15) is 25.6 Å². The first-order valence-electron chi connectivity index (χ1n) is 6.25. The van der Waals surface area contributed by atoms with Gasteiger partial charge in [-0.15, -0.1) is 0 Å². The topological polar surface area (TPSA) is 61.0 Å². The van der Waals surface area contributed by atoms with Gasteiger partial charge in [0.1, 0.15) is 11.6 Å². The van der Waals surface area contributed by atoms with Gasteiger partial charge in [0.05, 0.1) is 0 Å². The smallest absolute Gasteiger partial charge is 0.252 e. The third-order valence-corrected chi connectivity index (χ3v) is 3.03. The van der Waals surface area contributed by atoms with Crippen molar-refractivity contribution in [3.63, 3.8) is 0 Å². The summed E-state index contributed by atoms with van der Waals surface area (Å²) in [5, 5.41) is 3.20. The van der Waals surface area contributed by atoms with Crippen LogP contribution >= 0.6 is 0 Å². The average molecular weight is 236 g/mol. The molecule has 2 N–H and O–H groups in total. The molecule has 1 fully saturated rings. The Morgan fingerprint density at radius 3 is 2.94 bits per heavy atom. The van der Waals surface area contributed by atoms with Crippen LogP contribution in [0.25, 0.3) is 0 Å². The molecule has 0 aliphatic heterocycles. The van der Waals surface area contributed by atoms with Crippen molar-refractivity contribution in [3.05, 3.63) is 22.2 Å². The molecule has 1 saturated carbocycles. The lowest BCUT2D eigenvalue weighted by molar-refractivity contribution is 0.289. The molecule has 1 aromatic rings. The molecule has 1 aliphatic rings. The van der Waals surface area contributed by atoms with Gasteiger partial charge in [-0.1, -0.05) is 6.92 Å². The molecule has 94 valence electrons. The van der Waals surface area contributed by atoms with Crippen molar-refractivity contribution in [1.82, 2.24) is 14.9 Å². The molecule has 5 nitrogen and oxygen atoms in total. The number of nitrogens with zero attached hydrogens (tertiary/aromatic N) is 2. The van der Waals surface area contributed by atoms with Crippen LogP contribution in [0, 0.1) is 6.92 Å².